The Morgan fingerprint density at radius 3 is 2.96 bits per heavy atom. The third-order valence-corrected chi connectivity index (χ3v) is 3.94. The highest BCUT2D eigenvalue weighted by Gasteiger charge is 2.09. The summed E-state index contributed by atoms with van der Waals surface area (Å²) in [6.07, 6.45) is 3.42. The number of nitrogens with zero attached hydrogens (tertiary/aromatic N) is 2. The molecule has 0 saturated heterocycles. The maximum Gasteiger partial charge on any atom is 0.198 e. The van der Waals surface area contributed by atoms with Crippen LogP contribution in [0.4, 0.5) is 5.69 Å². The van der Waals surface area contributed by atoms with E-state index < -0.39 is 0 Å². The fraction of sp³-hybridized carbons (Fsp3) is 0. The highest BCUT2D eigenvalue weighted by Crippen LogP contribution is 2.28. The predicted octanol–water partition coefficient (Wildman–Crippen LogP) is 4.83. The van der Waals surface area contributed by atoms with Gasteiger partial charge in [0.05, 0.1) is 22.3 Å². The van der Waals surface area contributed by atoms with E-state index in [0.29, 0.717) is 10.6 Å². The van der Waals surface area contributed by atoms with Gasteiger partial charge in [-0.3, -0.25) is 9.98 Å². The zero-order valence-corrected chi connectivity index (χ0v) is 12.7. The van der Waals surface area contributed by atoms with E-state index in [1.165, 1.54) is 0 Å². The molecule has 2 aromatic heterocycles. The maximum absolute atomic E-state index is 10.1. The van der Waals surface area contributed by atoms with Gasteiger partial charge >= 0.3 is 0 Å². The average Bonchev–Trinajstić information content (AvgIpc) is 2.87. The second-order valence-electron chi connectivity index (χ2n) is 5.22. The predicted molar refractivity (Wildman–Crippen MR) is 94.0 cm³/mol. The lowest BCUT2D eigenvalue weighted by Gasteiger charge is -1.98. The summed E-state index contributed by atoms with van der Waals surface area (Å²) in [5.74, 6) is 0.0773. The van der Waals surface area contributed by atoms with Gasteiger partial charge in [0, 0.05) is 28.2 Å². The summed E-state index contributed by atoms with van der Waals surface area (Å²) in [4.78, 5) is 11.7. The Morgan fingerprint density at radius 1 is 1.13 bits per heavy atom. The summed E-state index contributed by atoms with van der Waals surface area (Å²) in [5, 5.41) is 12.6. The second-order valence-corrected chi connectivity index (χ2v) is 5.65. The Balaban J connectivity index is 1.76. The van der Waals surface area contributed by atoms with Crippen molar-refractivity contribution in [3.8, 4) is 5.88 Å². The lowest BCUT2D eigenvalue weighted by Crippen LogP contribution is -1.80. The number of aromatic amines is 1. The zero-order chi connectivity index (χ0) is 15.8. The quantitative estimate of drug-likeness (QED) is 0.520. The lowest BCUT2D eigenvalue weighted by atomic mass is 10.2. The van der Waals surface area contributed by atoms with Gasteiger partial charge in [0.1, 0.15) is 0 Å². The first-order valence-electron chi connectivity index (χ1n) is 7.10. The van der Waals surface area contributed by atoms with Crippen LogP contribution in [-0.4, -0.2) is 21.3 Å². The van der Waals surface area contributed by atoms with Crippen molar-refractivity contribution in [2.75, 3.05) is 0 Å². The van der Waals surface area contributed by atoms with E-state index in [0.717, 1.165) is 27.5 Å². The van der Waals surface area contributed by atoms with Gasteiger partial charge in [-0.15, -0.1) is 0 Å². The molecule has 112 valence electrons. The van der Waals surface area contributed by atoms with Crippen LogP contribution in [0.15, 0.2) is 59.7 Å². The number of aromatic nitrogens is 2. The molecule has 2 heterocycles. The first kappa shape index (κ1) is 13.8. The fourth-order valence-electron chi connectivity index (χ4n) is 2.59. The van der Waals surface area contributed by atoms with E-state index >= 15 is 0 Å². The molecule has 4 nitrogen and oxygen atoms in total. The molecule has 4 rings (SSSR count). The Kier molecular flexibility index (Phi) is 3.24. The van der Waals surface area contributed by atoms with Crippen LogP contribution in [0.1, 0.15) is 5.56 Å². The smallest absolute Gasteiger partial charge is 0.198 e. The molecule has 0 bridgehead atoms. The van der Waals surface area contributed by atoms with E-state index in [2.05, 4.69) is 15.0 Å². The number of hydrogen-bond acceptors (Lipinski definition) is 3. The normalized spacial score (nSPS) is 11.7. The highest BCUT2D eigenvalue weighted by molar-refractivity contribution is 6.31. The number of benzene rings is 2. The molecule has 2 N–H and O–H groups in total. The van der Waals surface area contributed by atoms with Gasteiger partial charge < -0.3 is 10.1 Å². The molecule has 0 saturated carbocycles. The molecule has 0 radical (unpaired) electrons. The van der Waals surface area contributed by atoms with E-state index in [1.54, 1.807) is 24.5 Å². The van der Waals surface area contributed by atoms with Gasteiger partial charge in [-0.05, 0) is 36.4 Å². The minimum atomic E-state index is 0.0773. The number of fused-ring (bicyclic) bond motifs is 2. The van der Waals surface area contributed by atoms with Crippen molar-refractivity contribution in [1.82, 2.24) is 9.97 Å². The highest BCUT2D eigenvalue weighted by atomic mass is 35.5. The summed E-state index contributed by atoms with van der Waals surface area (Å²) in [6, 6.07) is 15.1. The second kappa shape index (κ2) is 5.41. The summed E-state index contributed by atoms with van der Waals surface area (Å²) < 4.78 is 0. The van der Waals surface area contributed by atoms with E-state index in [1.807, 2.05) is 36.4 Å². The summed E-state index contributed by atoms with van der Waals surface area (Å²) in [7, 11) is 0. The monoisotopic (exact) mass is 321 g/mol. The summed E-state index contributed by atoms with van der Waals surface area (Å²) >= 11 is 5.97. The van der Waals surface area contributed by atoms with Crippen LogP contribution < -0.4 is 0 Å². The molecule has 4 aromatic rings. The molecule has 5 heteroatoms. The molecule has 0 aliphatic heterocycles. The van der Waals surface area contributed by atoms with Crippen LogP contribution in [0.25, 0.3) is 21.8 Å². The van der Waals surface area contributed by atoms with Crippen LogP contribution in [-0.2, 0) is 0 Å². The topological polar surface area (TPSA) is 61.3 Å². The molecule has 0 atom stereocenters. The Hall–Kier alpha value is -2.85. The van der Waals surface area contributed by atoms with Gasteiger partial charge in [-0.2, -0.15) is 0 Å². The number of pyridine rings is 1. The van der Waals surface area contributed by atoms with Crippen LogP contribution >= 0.6 is 11.6 Å². The zero-order valence-electron chi connectivity index (χ0n) is 12.0. The first-order chi connectivity index (χ1) is 11.2. The minimum absolute atomic E-state index is 0.0773. The van der Waals surface area contributed by atoms with Gasteiger partial charge in [0.2, 0.25) is 0 Å². The molecular formula is C18H12ClN3O. The van der Waals surface area contributed by atoms with Crippen molar-refractivity contribution in [3.63, 3.8) is 0 Å². The van der Waals surface area contributed by atoms with E-state index in [9.17, 15) is 5.11 Å². The number of halogens is 1. The Bertz CT molecular complexity index is 1050. The Morgan fingerprint density at radius 2 is 2.04 bits per heavy atom. The van der Waals surface area contributed by atoms with Crippen molar-refractivity contribution in [3.05, 3.63) is 65.3 Å². The van der Waals surface area contributed by atoms with Crippen LogP contribution in [0.2, 0.25) is 5.02 Å². The summed E-state index contributed by atoms with van der Waals surface area (Å²) in [6.45, 7) is 0. The van der Waals surface area contributed by atoms with Gasteiger partial charge in [-0.1, -0.05) is 23.7 Å². The van der Waals surface area contributed by atoms with Crippen molar-refractivity contribution >= 4 is 45.3 Å². The Labute approximate surface area is 137 Å². The SMILES string of the molecule is Oc1[nH]c2cc(Cl)ccc2c1C=Nc1ccc2ncccc2c1. The van der Waals surface area contributed by atoms with Gasteiger partial charge in [0.15, 0.2) is 5.88 Å². The molecule has 0 fully saturated rings. The number of aromatic hydroxyl groups is 1. The van der Waals surface area contributed by atoms with Crippen molar-refractivity contribution in [1.29, 1.82) is 0 Å². The van der Waals surface area contributed by atoms with E-state index in [-0.39, 0.29) is 5.88 Å². The summed E-state index contributed by atoms with van der Waals surface area (Å²) in [5.41, 5.74) is 3.14. The molecule has 2 aromatic carbocycles. The standard InChI is InChI=1S/C18H12ClN3O/c19-12-3-5-14-15(18(23)22-17(14)9-12)10-21-13-4-6-16-11(8-13)2-1-7-20-16/h1-10,22-23H. The average molecular weight is 322 g/mol. The van der Waals surface area contributed by atoms with Crippen molar-refractivity contribution < 1.29 is 5.11 Å². The number of aliphatic imine (C=N–C) groups is 1. The fourth-order valence-corrected chi connectivity index (χ4v) is 2.76. The molecule has 23 heavy (non-hydrogen) atoms. The number of hydrogen-bond donors (Lipinski definition) is 2. The van der Waals surface area contributed by atoms with Crippen molar-refractivity contribution in [2.45, 2.75) is 0 Å². The van der Waals surface area contributed by atoms with Gasteiger partial charge in [0.25, 0.3) is 0 Å². The van der Waals surface area contributed by atoms with Crippen LogP contribution in [0, 0.1) is 0 Å². The largest absolute Gasteiger partial charge is 0.494 e. The third-order valence-electron chi connectivity index (χ3n) is 3.71. The number of rotatable bonds is 2. The lowest BCUT2D eigenvalue weighted by molar-refractivity contribution is 0.457. The van der Waals surface area contributed by atoms with Crippen LogP contribution in [0.5, 0.6) is 5.88 Å². The van der Waals surface area contributed by atoms with E-state index in [4.69, 9.17) is 11.6 Å². The first-order valence-corrected chi connectivity index (χ1v) is 7.47. The molecule has 0 unspecified atom stereocenters. The molecular weight excluding hydrogens is 310 g/mol. The van der Waals surface area contributed by atoms with Crippen molar-refractivity contribution in [2.24, 2.45) is 4.99 Å². The molecule has 0 aliphatic carbocycles. The molecule has 0 spiro atoms. The van der Waals surface area contributed by atoms with Gasteiger partial charge in [-0.25, -0.2) is 0 Å². The minimum Gasteiger partial charge on any atom is -0.494 e. The maximum atomic E-state index is 10.1. The molecule has 0 amide bonds. The van der Waals surface area contributed by atoms with Crippen LogP contribution in [0.3, 0.4) is 0 Å². The number of H-pyrrole nitrogens is 1. The third kappa shape index (κ3) is 2.53. The molecule has 0 aliphatic rings. The number of nitrogens with one attached hydrogen (secondary N) is 1.